The average Bonchev–Trinajstić information content (AvgIpc) is 2.42. The number of rotatable bonds is 6. The van der Waals surface area contributed by atoms with E-state index in [1.807, 2.05) is 18.2 Å². The lowest BCUT2D eigenvalue weighted by Gasteiger charge is -2.16. The molecule has 0 saturated heterocycles. The SMILES string of the molecule is COc1ccccc1C(C)CNC(N)=NCC(C)C.I. The van der Waals surface area contributed by atoms with Crippen molar-refractivity contribution in [3.63, 3.8) is 0 Å². The zero-order chi connectivity index (χ0) is 14.3. The van der Waals surface area contributed by atoms with Crippen LogP contribution in [0.5, 0.6) is 5.75 Å². The molecule has 114 valence electrons. The molecule has 4 nitrogen and oxygen atoms in total. The van der Waals surface area contributed by atoms with E-state index in [-0.39, 0.29) is 24.0 Å². The smallest absolute Gasteiger partial charge is 0.188 e. The molecular weight excluding hydrogens is 365 g/mol. The summed E-state index contributed by atoms with van der Waals surface area (Å²) < 4.78 is 5.36. The van der Waals surface area contributed by atoms with Crippen LogP contribution in [0.3, 0.4) is 0 Å². The standard InChI is InChI=1S/C15H25N3O.HI/c1-11(2)9-17-15(16)18-10-12(3)13-7-5-6-8-14(13)19-4;/h5-8,11-12H,9-10H2,1-4H3,(H3,16,17,18);1H. The lowest BCUT2D eigenvalue weighted by atomic mass is 10.0. The summed E-state index contributed by atoms with van der Waals surface area (Å²) in [7, 11) is 1.69. The highest BCUT2D eigenvalue weighted by Crippen LogP contribution is 2.25. The van der Waals surface area contributed by atoms with Crippen LogP contribution in [0.25, 0.3) is 0 Å². The van der Waals surface area contributed by atoms with Gasteiger partial charge in [0.2, 0.25) is 0 Å². The third-order valence-electron chi connectivity index (χ3n) is 2.89. The Kier molecular flexibility index (Phi) is 9.37. The van der Waals surface area contributed by atoms with Gasteiger partial charge in [-0.3, -0.25) is 4.99 Å². The van der Waals surface area contributed by atoms with E-state index in [9.17, 15) is 0 Å². The predicted octanol–water partition coefficient (Wildman–Crippen LogP) is 2.98. The second-order valence-electron chi connectivity index (χ2n) is 5.14. The Morgan fingerprint density at radius 1 is 1.30 bits per heavy atom. The molecule has 0 aromatic heterocycles. The normalized spacial score (nSPS) is 12.8. The maximum absolute atomic E-state index is 5.83. The second-order valence-corrected chi connectivity index (χ2v) is 5.14. The predicted molar refractivity (Wildman–Crippen MR) is 96.2 cm³/mol. The highest BCUT2D eigenvalue weighted by atomic mass is 127. The van der Waals surface area contributed by atoms with Gasteiger partial charge in [-0.25, -0.2) is 0 Å². The number of ether oxygens (including phenoxy) is 1. The molecule has 0 saturated carbocycles. The Balaban J connectivity index is 0.00000361. The molecule has 0 fully saturated rings. The van der Waals surface area contributed by atoms with Crippen LogP contribution in [0.15, 0.2) is 29.3 Å². The Bertz CT molecular complexity index is 421. The molecule has 0 amide bonds. The summed E-state index contributed by atoms with van der Waals surface area (Å²) in [4.78, 5) is 4.28. The van der Waals surface area contributed by atoms with Gasteiger partial charge in [0.25, 0.3) is 0 Å². The molecule has 1 atom stereocenters. The first-order valence-corrected chi connectivity index (χ1v) is 6.71. The number of nitrogens with two attached hydrogens (primary N) is 1. The zero-order valence-electron chi connectivity index (χ0n) is 12.7. The summed E-state index contributed by atoms with van der Waals surface area (Å²) in [6, 6.07) is 8.04. The first kappa shape index (κ1) is 19.0. The molecule has 0 aliphatic rings. The van der Waals surface area contributed by atoms with E-state index in [4.69, 9.17) is 10.5 Å². The van der Waals surface area contributed by atoms with Gasteiger partial charge in [0.1, 0.15) is 5.75 Å². The number of methoxy groups -OCH3 is 1. The van der Waals surface area contributed by atoms with Crippen molar-refractivity contribution < 1.29 is 4.74 Å². The van der Waals surface area contributed by atoms with Crippen molar-refractivity contribution in [2.75, 3.05) is 20.2 Å². The first-order valence-electron chi connectivity index (χ1n) is 6.71. The fourth-order valence-corrected chi connectivity index (χ4v) is 1.78. The van der Waals surface area contributed by atoms with Gasteiger partial charge in [-0.15, -0.1) is 24.0 Å². The molecule has 1 unspecified atom stereocenters. The van der Waals surface area contributed by atoms with Crippen molar-refractivity contribution in [1.82, 2.24) is 5.32 Å². The van der Waals surface area contributed by atoms with Gasteiger partial charge in [0.15, 0.2) is 5.96 Å². The molecule has 0 aliphatic heterocycles. The number of nitrogens with one attached hydrogen (secondary N) is 1. The maximum Gasteiger partial charge on any atom is 0.188 e. The van der Waals surface area contributed by atoms with E-state index in [1.54, 1.807) is 7.11 Å². The number of hydrogen-bond donors (Lipinski definition) is 2. The van der Waals surface area contributed by atoms with E-state index in [1.165, 1.54) is 5.56 Å². The fraction of sp³-hybridized carbons (Fsp3) is 0.533. The summed E-state index contributed by atoms with van der Waals surface area (Å²) in [6.45, 7) is 7.87. The van der Waals surface area contributed by atoms with Crippen LogP contribution < -0.4 is 15.8 Å². The van der Waals surface area contributed by atoms with Crippen LogP contribution in [0, 0.1) is 5.92 Å². The van der Waals surface area contributed by atoms with Gasteiger partial charge >= 0.3 is 0 Å². The molecule has 1 aromatic carbocycles. The van der Waals surface area contributed by atoms with Crippen molar-refractivity contribution >= 4 is 29.9 Å². The summed E-state index contributed by atoms with van der Waals surface area (Å²) in [6.07, 6.45) is 0. The molecule has 0 radical (unpaired) electrons. The molecule has 0 aliphatic carbocycles. The van der Waals surface area contributed by atoms with Crippen molar-refractivity contribution in [1.29, 1.82) is 0 Å². The molecular formula is C15H26IN3O. The minimum Gasteiger partial charge on any atom is -0.496 e. The Labute approximate surface area is 139 Å². The molecule has 0 bridgehead atoms. The number of benzene rings is 1. The summed E-state index contributed by atoms with van der Waals surface area (Å²) >= 11 is 0. The fourth-order valence-electron chi connectivity index (χ4n) is 1.78. The minimum atomic E-state index is 0. The molecule has 0 spiro atoms. The van der Waals surface area contributed by atoms with Gasteiger partial charge in [-0.1, -0.05) is 39.0 Å². The molecule has 0 heterocycles. The lowest BCUT2D eigenvalue weighted by Crippen LogP contribution is -2.34. The Morgan fingerprint density at radius 3 is 2.55 bits per heavy atom. The number of aliphatic imine (C=N–C) groups is 1. The number of para-hydroxylation sites is 1. The monoisotopic (exact) mass is 391 g/mol. The highest BCUT2D eigenvalue weighted by Gasteiger charge is 2.10. The second kappa shape index (κ2) is 9.85. The molecule has 1 rings (SSSR count). The van der Waals surface area contributed by atoms with E-state index in [0.717, 1.165) is 18.8 Å². The Hall–Kier alpha value is -0.980. The van der Waals surface area contributed by atoms with Crippen LogP contribution >= 0.6 is 24.0 Å². The van der Waals surface area contributed by atoms with E-state index < -0.39 is 0 Å². The zero-order valence-corrected chi connectivity index (χ0v) is 15.0. The molecule has 20 heavy (non-hydrogen) atoms. The van der Waals surface area contributed by atoms with Gasteiger partial charge in [0.05, 0.1) is 7.11 Å². The summed E-state index contributed by atoms with van der Waals surface area (Å²) in [5, 5.41) is 3.16. The molecule has 3 N–H and O–H groups in total. The average molecular weight is 391 g/mol. The topological polar surface area (TPSA) is 59.6 Å². The Morgan fingerprint density at radius 2 is 1.95 bits per heavy atom. The van der Waals surface area contributed by atoms with Gasteiger partial charge < -0.3 is 15.8 Å². The van der Waals surface area contributed by atoms with Gasteiger partial charge in [-0.2, -0.15) is 0 Å². The minimum absolute atomic E-state index is 0. The third-order valence-corrected chi connectivity index (χ3v) is 2.89. The lowest BCUT2D eigenvalue weighted by molar-refractivity contribution is 0.406. The van der Waals surface area contributed by atoms with E-state index >= 15 is 0 Å². The summed E-state index contributed by atoms with van der Waals surface area (Å²) in [5.74, 6) is 2.25. The largest absolute Gasteiger partial charge is 0.496 e. The van der Waals surface area contributed by atoms with Crippen molar-refractivity contribution in [3.05, 3.63) is 29.8 Å². The number of guanidine groups is 1. The molecule has 1 aromatic rings. The van der Waals surface area contributed by atoms with Crippen LogP contribution in [0.1, 0.15) is 32.3 Å². The van der Waals surface area contributed by atoms with Crippen molar-refractivity contribution in [3.8, 4) is 5.75 Å². The maximum atomic E-state index is 5.83. The van der Waals surface area contributed by atoms with Crippen LogP contribution in [-0.4, -0.2) is 26.2 Å². The van der Waals surface area contributed by atoms with Crippen molar-refractivity contribution in [2.24, 2.45) is 16.6 Å². The number of halogens is 1. The number of nitrogens with zero attached hydrogens (tertiary/aromatic N) is 1. The summed E-state index contributed by atoms with van der Waals surface area (Å²) in [5.41, 5.74) is 7.00. The molecule has 5 heteroatoms. The van der Waals surface area contributed by atoms with Crippen LogP contribution in [0.4, 0.5) is 0 Å². The third kappa shape index (κ3) is 6.45. The number of hydrogen-bond acceptors (Lipinski definition) is 2. The van der Waals surface area contributed by atoms with Gasteiger partial charge in [-0.05, 0) is 17.5 Å². The first-order chi connectivity index (χ1) is 9.04. The van der Waals surface area contributed by atoms with Crippen LogP contribution in [-0.2, 0) is 0 Å². The van der Waals surface area contributed by atoms with Crippen molar-refractivity contribution in [2.45, 2.75) is 26.7 Å². The van der Waals surface area contributed by atoms with E-state index in [0.29, 0.717) is 17.8 Å². The van der Waals surface area contributed by atoms with Gasteiger partial charge in [0, 0.05) is 19.0 Å². The van der Waals surface area contributed by atoms with Crippen LogP contribution in [0.2, 0.25) is 0 Å². The van der Waals surface area contributed by atoms with E-state index in [2.05, 4.69) is 37.1 Å². The highest BCUT2D eigenvalue weighted by molar-refractivity contribution is 14.0. The quantitative estimate of drug-likeness (QED) is 0.445.